The monoisotopic (exact) mass is 244 g/mol. The lowest BCUT2D eigenvalue weighted by Gasteiger charge is -2.12. The fraction of sp³-hybridized carbons (Fsp3) is 0.778. The number of azide groups is 1. The van der Waals surface area contributed by atoms with Crippen molar-refractivity contribution in [3.05, 3.63) is 10.4 Å². The Morgan fingerprint density at radius 3 is 2.88 bits per heavy atom. The van der Waals surface area contributed by atoms with Crippen molar-refractivity contribution in [1.29, 1.82) is 5.26 Å². The van der Waals surface area contributed by atoms with Crippen molar-refractivity contribution in [3.8, 4) is 6.07 Å². The maximum Gasteiger partial charge on any atom is 0.404 e. The fourth-order valence-corrected chi connectivity index (χ4v) is 1.34. The molecule has 0 aromatic heterocycles. The van der Waals surface area contributed by atoms with Crippen LogP contribution in [0.3, 0.4) is 0 Å². The third-order valence-corrected chi connectivity index (χ3v) is 2.01. The van der Waals surface area contributed by atoms with E-state index in [0.717, 1.165) is 19.3 Å². The van der Waals surface area contributed by atoms with E-state index in [0.29, 0.717) is 13.0 Å². The predicted molar refractivity (Wildman–Crippen MR) is 58.8 cm³/mol. The van der Waals surface area contributed by atoms with Crippen molar-refractivity contribution in [3.63, 3.8) is 0 Å². The maximum atomic E-state index is 10.5. The molecular weight excluding hydrogens is 232 g/mol. The van der Waals surface area contributed by atoms with Crippen LogP contribution in [-0.4, -0.2) is 18.1 Å². The Labute approximate surface area is 98.8 Å². The zero-order valence-electron chi connectivity index (χ0n) is 8.80. The first-order chi connectivity index (χ1) is 7.70. The number of rotatable bonds is 8. The Hall–Kier alpha value is -1.44. The Morgan fingerprint density at radius 1 is 1.56 bits per heavy atom. The summed E-state index contributed by atoms with van der Waals surface area (Å²) in [6.45, 7) is 0.467. The predicted octanol–water partition coefficient (Wildman–Crippen LogP) is 3.51. The van der Waals surface area contributed by atoms with Crippen LogP contribution in [0.25, 0.3) is 10.4 Å². The number of carbonyl (C=O) groups is 1. The number of nitrogens with zero attached hydrogens (tertiary/aromatic N) is 4. The molecule has 1 unspecified atom stereocenters. The van der Waals surface area contributed by atoms with E-state index >= 15 is 0 Å². The molecule has 0 fully saturated rings. The van der Waals surface area contributed by atoms with Gasteiger partial charge in [-0.05, 0) is 24.8 Å². The molecule has 0 aromatic rings. The van der Waals surface area contributed by atoms with E-state index in [1.165, 1.54) is 0 Å². The molecule has 0 aromatic carbocycles. The van der Waals surface area contributed by atoms with Gasteiger partial charge in [0.25, 0.3) is 0 Å². The lowest BCUT2D eigenvalue weighted by molar-refractivity contribution is 0.116. The van der Waals surface area contributed by atoms with Gasteiger partial charge in [0.05, 0.1) is 12.5 Å². The van der Waals surface area contributed by atoms with Gasteiger partial charge >= 0.3 is 5.43 Å². The van der Waals surface area contributed by atoms with Gasteiger partial charge < -0.3 is 4.74 Å². The molecule has 16 heavy (non-hydrogen) atoms. The van der Waals surface area contributed by atoms with Crippen LogP contribution in [0, 0.1) is 11.3 Å². The first kappa shape index (κ1) is 14.6. The average Bonchev–Trinajstić information content (AvgIpc) is 2.22. The molecule has 0 aliphatic rings. The molecule has 0 aliphatic carbocycles. The van der Waals surface area contributed by atoms with Gasteiger partial charge in [-0.3, -0.25) is 0 Å². The quantitative estimate of drug-likeness (QED) is 0.215. The second-order valence-corrected chi connectivity index (χ2v) is 3.45. The van der Waals surface area contributed by atoms with Crippen LogP contribution in [0.15, 0.2) is 5.11 Å². The van der Waals surface area contributed by atoms with Crippen molar-refractivity contribution in [1.82, 2.24) is 0 Å². The molecule has 0 spiro atoms. The molecule has 0 amide bonds. The highest BCUT2D eigenvalue weighted by atomic mass is 35.5. The normalized spacial score (nSPS) is 11.0. The highest BCUT2D eigenvalue weighted by Gasteiger charge is 2.11. The molecule has 0 N–H and O–H groups in total. The van der Waals surface area contributed by atoms with Crippen LogP contribution in [0.5, 0.6) is 0 Å². The van der Waals surface area contributed by atoms with Gasteiger partial charge in [0.1, 0.15) is 6.10 Å². The standard InChI is InChI=1S/C9H13ClN4O2/c10-9(15)16-8(5-6-11)4-2-1-3-7-13-14-12/h8H,1-5,7H2. The summed E-state index contributed by atoms with van der Waals surface area (Å²) in [6.07, 6.45) is 2.77. The first-order valence-electron chi connectivity index (χ1n) is 4.94. The highest BCUT2D eigenvalue weighted by molar-refractivity contribution is 6.61. The van der Waals surface area contributed by atoms with Crippen molar-refractivity contribution in [2.45, 2.75) is 38.2 Å². The van der Waals surface area contributed by atoms with E-state index in [4.69, 9.17) is 27.1 Å². The SMILES string of the molecule is N#CCC(CCCCCN=[N+]=[N-])OC(=O)Cl. The number of hydrogen-bond acceptors (Lipinski definition) is 4. The summed E-state index contributed by atoms with van der Waals surface area (Å²) in [6, 6.07) is 1.93. The molecule has 0 heterocycles. The third-order valence-electron chi connectivity index (χ3n) is 1.93. The van der Waals surface area contributed by atoms with Crippen LogP contribution in [-0.2, 0) is 4.74 Å². The zero-order chi connectivity index (χ0) is 12.2. The summed E-state index contributed by atoms with van der Waals surface area (Å²) in [4.78, 5) is 13.1. The molecule has 0 saturated carbocycles. The second kappa shape index (κ2) is 10.1. The highest BCUT2D eigenvalue weighted by Crippen LogP contribution is 2.11. The van der Waals surface area contributed by atoms with Crippen LogP contribution in [0.1, 0.15) is 32.1 Å². The first-order valence-corrected chi connectivity index (χ1v) is 5.32. The largest absolute Gasteiger partial charge is 0.449 e. The Kier molecular flexibility index (Phi) is 9.18. The van der Waals surface area contributed by atoms with Gasteiger partial charge in [-0.25, -0.2) is 4.79 Å². The number of ether oxygens (including phenoxy) is 1. The molecule has 0 saturated heterocycles. The van der Waals surface area contributed by atoms with E-state index < -0.39 is 11.5 Å². The van der Waals surface area contributed by atoms with Gasteiger partial charge in [-0.1, -0.05) is 11.5 Å². The number of carbonyl (C=O) groups excluding carboxylic acids is 1. The van der Waals surface area contributed by atoms with Crippen molar-refractivity contribution in [2.24, 2.45) is 5.11 Å². The molecule has 0 radical (unpaired) electrons. The van der Waals surface area contributed by atoms with Crippen LogP contribution in [0.4, 0.5) is 4.79 Å². The number of hydrogen-bond donors (Lipinski definition) is 0. The van der Waals surface area contributed by atoms with E-state index in [-0.39, 0.29) is 6.42 Å². The summed E-state index contributed by atoms with van der Waals surface area (Å²) in [7, 11) is 0. The van der Waals surface area contributed by atoms with Gasteiger partial charge in [-0.2, -0.15) is 5.26 Å². The summed E-state index contributed by atoms with van der Waals surface area (Å²) < 4.78 is 4.74. The summed E-state index contributed by atoms with van der Waals surface area (Å²) in [5.41, 5.74) is 7.15. The van der Waals surface area contributed by atoms with E-state index in [1.807, 2.05) is 6.07 Å². The van der Waals surface area contributed by atoms with Crippen molar-refractivity contribution < 1.29 is 9.53 Å². The minimum absolute atomic E-state index is 0.148. The van der Waals surface area contributed by atoms with Crippen LogP contribution >= 0.6 is 11.6 Å². The Bertz CT molecular complexity index is 296. The Morgan fingerprint density at radius 2 is 2.31 bits per heavy atom. The Balaban J connectivity index is 3.63. The lowest BCUT2D eigenvalue weighted by Crippen LogP contribution is -2.13. The molecule has 7 heteroatoms. The van der Waals surface area contributed by atoms with Gasteiger partial charge in [-0.15, -0.1) is 0 Å². The number of unbranched alkanes of at least 4 members (excludes halogenated alkanes) is 2. The van der Waals surface area contributed by atoms with Crippen LogP contribution in [0.2, 0.25) is 0 Å². The summed E-state index contributed by atoms with van der Waals surface area (Å²) >= 11 is 5.06. The molecule has 0 rings (SSSR count). The average molecular weight is 245 g/mol. The molecule has 6 nitrogen and oxygen atoms in total. The molecule has 1 atom stereocenters. The molecular formula is C9H13ClN4O2. The molecule has 0 aliphatic heterocycles. The van der Waals surface area contributed by atoms with E-state index in [1.54, 1.807) is 0 Å². The number of halogens is 1. The molecule has 88 valence electrons. The van der Waals surface area contributed by atoms with Crippen LogP contribution < -0.4 is 0 Å². The lowest BCUT2D eigenvalue weighted by atomic mass is 10.1. The van der Waals surface area contributed by atoms with Crippen molar-refractivity contribution in [2.75, 3.05) is 6.54 Å². The van der Waals surface area contributed by atoms with E-state index in [2.05, 4.69) is 10.0 Å². The fourth-order valence-electron chi connectivity index (χ4n) is 1.21. The van der Waals surface area contributed by atoms with Crippen molar-refractivity contribution >= 4 is 17.0 Å². The maximum absolute atomic E-state index is 10.5. The van der Waals surface area contributed by atoms with E-state index in [9.17, 15) is 4.79 Å². The topological polar surface area (TPSA) is 98.8 Å². The van der Waals surface area contributed by atoms with Gasteiger partial charge in [0.15, 0.2) is 0 Å². The zero-order valence-corrected chi connectivity index (χ0v) is 9.56. The third kappa shape index (κ3) is 9.13. The molecule has 0 bridgehead atoms. The minimum Gasteiger partial charge on any atom is -0.449 e. The smallest absolute Gasteiger partial charge is 0.404 e. The van der Waals surface area contributed by atoms with Gasteiger partial charge in [0.2, 0.25) is 0 Å². The van der Waals surface area contributed by atoms with Gasteiger partial charge in [0, 0.05) is 23.1 Å². The summed E-state index contributed by atoms with van der Waals surface area (Å²) in [5.74, 6) is 0. The minimum atomic E-state index is -0.880. The summed E-state index contributed by atoms with van der Waals surface area (Å²) in [5, 5.41) is 11.9. The number of nitriles is 1. The second-order valence-electron chi connectivity index (χ2n) is 3.14.